The van der Waals surface area contributed by atoms with Crippen molar-refractivity contribution in [3.63, 3.8) is 0 Å². The van der Waals surface area contributed by atoms with Crippen LogP contribution in [0.3, 0.4) is 0 Å². The SMILES string of the molecule is CCCN(CCc1nccs1)C1CCc2c(cccc2OC2CCCC2)C1. The Morgan fingerprint density at radius 2 is 2.07 bits per heavy atom. The molecule has 1 heterocycles. The van der Waals surface area contributed by atoms with Gasteiger partial charge in [-0.3, -0.25) is 4.90 Å². The predicted molar refractivity (Wildman–Crippen MR) is 113 cm³/mol. The van der Waals surface area contributed by atoms with Crippen LogP contribution in [0.2, 0.25) is 0 Å². The van der Waals surface area contributed by atoms with Crippen molar-refractivity contribution in [2.45, 2.75) is 76.9 Å². The quantitative estimate of drug-likeness (QED) is 0.619. The monoisotopic (exact) mass is 384 g/mol. The van der Waals surface area contributed by atoms with Crippen molar-refractivity contribution in [1.82, 2.24) is 9.88 Å². The van der Waals surface area contributed by atoms with Gasteiger partial charge in [0.1, 0.15) is 5.75 Å². The fourth-order valence-corrected chi connectivity index (χ4v) is 5.35. The third kappa shape index (κ3) is 4.72. The summed E-state index contributed by atoms with van der Waals surface area (Å²) in [4.78, 5) is 7.17. The van der Waals surface area contributed by atoms with Gasteiger partial charge in [-0.15, -0.1) is 11.3 Å². The molecular formula is C23H32N2OS. The fourth-order valence-electron chi connectivity index (χ4n) is 4.74. The van der Waals surface area contributed by atoms with Crippen molar-refractivity contribution in [1.29, 1.82) is 0 Å². The minimum Gasteiger partial charge on any atom is -0.490 e. The Labute approximate surface area is 167 Å². The van der Waals surface area contributed by atoms with Crippen LogP contribution in [-0.4, -0.2) is 35.1 Å². The molecule has 1 aromatic heterocycles. The maximum absolute atomic E-state index is 6.39. The summed E-state index contributed by atoms with van der Waals surface area (Å²) in [6, 6.07) is 7.38. The number of ether oxygens (including phenoxy) is 1. The van der Waals surface area contributed by atoms with Gasteiger partial charge in [-0.1, -0.05) is 19.1 Å². The van der Waals surface area contributed by atoms with E-state index in [9.17, 15) is 0 Å². The van der Waals surface area contributed by atoms with Crippen molar-refractivity contribution in [2.75, 3.05) is 13.1 Å². The smallest absolute Gasteiger partial charge is 0.123 e. The lowest BCUT2D eigenvalue weighted by molar-refractivity contribution is 0.177. The third-order valence-electron chi connectivity index (χ3n) is 6.13. The molecule has 1 fully saturated rings. The Balaban J connectivity index is 1.42. The second kappa shape index (κ2) is 9.20. The molecule has 2 aliphatic carbocycles. The van der Waals surface area contributed by atoms with Gasteiger partial charge in [0, 0.05) is 30.6 Å². The second-order valence-corrected chi connectivity index (χ2v) is 9.01. The summed E-state index contributed by atoms with van der Waals surface area (Å²) in [5.74, 6) is 1.17. The Kier molecular flexibility index (Phi) is 6.46. The van der Waals surface area contributed by atoms with E-state index in [0.717, 1.165) is 25.8 Å². The molecule has 0 radical (unpaired) electrons. The molecule has 146 valence electrons. The normalized spacial score (nSPS) is 20.1. The van der Waals surface area contributed by atoms with Crippen LogP contribution >= 0.6 is 11.3 Å². The lowest BCUT2D eigenvalue weighted by Crippen LogP contribution is -2.41. The summed E-state index contributed by atoms with van der Waals surface area (Å²) in [5, 5.41) is 3.35. The highest BCUT2D eigenvalue weighted by Gasteiger charge is 2.27. The summed E-state index contributed by atoms with van der Waals surface area (Å²) < 4.78 is 6.39. The van der Waals surface area contributed by atoms with E-state index in [-0.39, 0.29) is 0 Å². The molecule has 1 aromatic carbocycles. The van der Waals surface area contributed by atoms with Crippen LogP contribution in [0.25, 0.3) is 0 Å². The van der Waals surface area contributed by atoms with Crippen molar-refractivity contribution < 1.29 is 4.74 Å². The van der Waals surface area contributed by atoms with Gasteiger partial charge >= 0.3 is 0 Å². The Hall–Kier alpha value is -1.39. The highest BCUT2D eigenvalue weighted by Crippen LogP contribution is 2.34. The molecule has 27 heavy (non-hydrogen) atoms. The highest BCUT2D eigenvalue weighted by atomic mass is 32.1. The summed E-state index contributed by atoms with van der Waals surface area (Å²) in [6.45, 7) is 4.60. The molecule has 0 N–H and O–H groups in total. The lowest BCUT2D eigenvalue weighted by Gasteiger charge is -2.35. The lowest BCUT2D eigenvalue weighted by atomic mass is 9.86. The van der Waals surface area contributed by atoms with Crippen LogP contribution in [0, 0.1) is 0 Å². The first kappa shape index (κ1) is 18.9. The zero-order chi connectivity index (χ0) is 18.5. The number of thiazole rings is 1. The van der Waals surface area contributed by atoms with Gasteiger partial charge in [-0.25, -0.2) is 4.98 Å². The summed E-state index contributed by atoms with van der Waals surface area (Å²) in [6.07, 6.45) is 13.3. The van der Waals surface area contributed by atoms with Crippen LogP contribution in [0.4, 0.5) is 0 Å². The second-order valence-electron chi connectivity index (χ2n) is 8.03. The molecule has 1 unspecified atom stereocenters. The molecule has 0 aliphatic heterocycles. The zero-order valence-electron chi connectivity index (χ0n) is 16.5. The molecule has 3 nitrogen and oxygen atoms in total. The van der Waals surface area contributed by atoms with Crippen LogP contribution in [0.1, 0.15) is 61.6 Å². The van der Waals surface area contributed by atoms with Crippen LogP contribution < -0.4 is 4.74 Å². The molecule has 4 rings (SSSR count). The van der Waals surface area contributed by atoms with Gasteiger partial charge in [-0.05, 0) is 75.1 Å². The molecule has 2 aliphatic rings. The van der Waals surface area contributed by atoms with Gasteiger partial charge in [-0.2, -0.15) is 0 Å². The molecule has 1 atom stereocenters. The molecule has 0 amide bonds. The summed E-state index contributed by atoms with van der Waals surface area (Å²) >= 11 is 1.78. The van der Waals surface area contributed by atoms with Crippen molar-refractivity contribution in [3.8, 4) is 5.75 Å². The van der Waals surface area contributed by atoms with Gasteiger partial charge < -0.3 is 4.74 Å². The topological polar surface area (TPSA) is 25.4 Å². The number of benzene rings is 1. The van der Waals surface area contributed by atoms with Crippen molar-refractivity contribution in [2.24, 2.45) is 0 Å². The first-order valence-electron chi connectivity index (χ1n) is 10.7. The molecule has 0 bridgehead atoms. The number of fused-ring (bicyclic) bond motifs is 1. The molecule has 0 saturated heterocycles. The number of hydrogen-bond acceptors (Lipinski definition) is 4. The minimum atomic E-state index is 0.448. The van der Waals surface area contributed by atoms with E-state index in [1.807, 2.05) is 6.20 Å². The van der Waals surface area contributed by atoms with Gasteiger partial charge in [0.25, 0.3) is 0 Å². The van der Waals surface area contributed by atoms with Gasteiger partial charge in [0.2, 0.25) is 0 Å². The van der Waals surface area contributed by atoms with E-state index < -0.39 is 0 Å². The van der Waals surface area contributed by atoms with Crippen LogP contribution in [0.5, 0.6) is 5.75 Å². The van der Waals surface area contributed by atoms with Crippen molar-refractivity contribution >= 4 is 11.3 Å². The Bertz CT molecular complexity index is 709. The third-order valence-corrected chi connectivity index (χ3v) is 6.97. The highest BCUT2D eigenvalue weighted by molar-refractivity contribution is 7.09. The first-order chi connectivity index (χ1) is 13.3. The van der Waals surface area contributed by atoms with E-state index in [1.54, 1.807) is 11.3 Å². The minimum absolute atomic E-state index is 0.448. The van der Waals surface area contributed by atoms with Gasteiger partial charge in [0.05, 0.1) is 11.1 Å². The van der Waals surface area contributed by atoms with Crippen LogP contribution in [-0.2, 0) is 19.3 Å². The molecule has 0 spiro atoms. The molecule has 4 heteroatoms. The maximum Gasteiger partial charge on any atom is 0.123 e. The average molecular weight is 385 g/mol. The van der Waals surface area contributed by atoms with E-state index in [4.69, 9.17) is 4.74 Å². The van der Waals surface area contributed by atoms with E-state index >= 15 is 0 Å². The standard InChI is InChI=1S/C23H32N2OS/c1-2-14-25(15-12-23-24-13-16-27-23)19-10-11-21-18(17-19)6-5-9-22(21)26-20-7-3-4-8-20/h5-6,9,13,16,19-20H,2-4,7-8,10-12,14-15,17H2,1H3. The van der Waals surface area contributed by atoms with Crippen molar-refractivity contribution in [3.05, 3.63) is 45.9 Å². The molecular weight excluding hydrogens is 352 g/mol. The number of hydrogen-bond donors (Lipinski definition) is 0. The van der Waals surface area contributed by atoms with Gasteiger partial charge in [0.15, 0.2) is 0 Å². The van der Waals surface area contributed by atoms with Crippen LogP contribution in [0.15, 0.2) is 29.8 Å². The Morgan fingerprint density at radius 1 is 1.19 bits per heavy atom. The van der Waals surface area contributed by atoms with E-state index in [1.165, 1.54) is 67.0 Å². The largest absolute Gasteiger partial charge is 0.490 e. The zero-order valence-corrected chi connectivity index (χ0v) is 17.3. The number of aromatic nitrogens is 1. The van der Waals surface area contributed by atoms with E-state index in [2.05, 4.69) is 40.4 Å². The number of rotatable bonds is 8. The summed E-state index contributed by atoms with van der Waals surface area (Å²) in [7, 11) is 0. The predicted octanol–water partition coefficient (Wildman–Crippen LogP) is 5.28. The number of nitrogens with zero attached hydrogens (tertiary/aromatic N) is 2. The first-order valence-corrected chi connectivity index (χ1v) is 11.6. The molecule has 1 saturated carbocycles. The average Bonchev–Trinajstić information content (AvgIpc) is 3.39. The Morgan fingerprint density at radius 3 is 2.85 bits per heavy atom. The maximum atomic E-state index is 6.39. The fraction of sp³-hybridized carbons (Fsp3) is 0.609. The summed E-state index contributed by atoms with van der Waals surface area (Å²) in [5.41, 5.74) is 2.99. The van der Waals surface area contributed by atoms with E-state index in [0.29, 0.717) is 12.1 Å². The molecule has 2 aromatic rings.